The number of halogens is 2. The molecule has 2 unspecified atom stereocenters. The van der Waals surface area contributed by atoms with E-state index in [4.69, 9.17) is 14.6 Å². The maximum Gasteiger partial charge on any atom is 0.322 e. The van der Waals surface area contributed by atoms with Gasteiger partial charge in [-0.05, 0) is 30.7 Å². The monoisotopic (exact) mass is 450 g/mol. The molecule has 1 fully saturated rings. The van der Waals surface area contributed by atoms with Crippen LogP contribution in [0.4, 0.5) is 8.78 Å². The van der Waals surface area contributed by atoms with Crippen molar-refractivity contribution in [2.45, 2.75) is 18.6 Å². The summed E-state index contributed by atoms with van der Waals surface area (Å²) in [6.45, 7) is 0.863. The summed E-state index contributed by atoms with van der Waals surface area (Å²) in [7, 11) is 0. The lowest BCUT2D eigenvalue weighted by molar-refractivity contribution is -0.135. The molecule has 0 radical (unpaired) electrons. The average Bonchev–Trinajstić information content (AvgIpc) is 3.20. The van der Waals surface area contributed by atoms with Crippen molar-refractivity contribution in [3.05, 3.63) is 59.7 Å². The molecular weight excluding hydrogens is 426 g/mol. The van der Waals surface area contributed by atoms with Crippen LogP contribution in [0.15, 0.2) is 42.5 Å². The average molecular weight is 450 g/mol. The highest BCUT2D eigenvalue weighted by Crippen LogP contribution is 2.21. The number of β-amino-alcohol motifs (C(OH)–C–C–N with tert-alkyl or cyclic N) is 1. The zero-order valence-electron chi connectivity index (χ0n) is 17.2. The number of aliphatic carboxylic acids is 1. The first-order chi connectivity index (χ1) is 15.3. The molecule has 1 amide bonds. The molecular formula is C22H24F2N2O6. The van der Waals surface area contributed by atoms with Crippen molar-refractivity contribution in [1.29, 1.82) is 0 Å². The van der Waals surface area contributed by atoms with E-state index in [0.717, 1.165) is 12.1 Å². The Labute approximate surface area is 183 Å². The van der Waals surface area contributed by atoms with Gasteiger partial charge in [-0.1, -0.05) is 12.1 Å². The molecule has 0 aliphatic carbocycles. The minimum Gasteiger partial charge on any atom is -0.490 e. The standard InChI is InChI=1S/C22H24F2N2O6/c23-18-6-5-15(9-19(18)24)32-16-7-8-26(12-16)11-14(27)13-31-20-4-2-1-3-17(20)22(30)25-10-21(28)29/h1-6,9,14,16,27H,7-8,10-13H2,(H,25,30)(H,28,29). The van der Waals surface area contributed by atoms with Crippen molar-refractivity contribution in [2.24, 2.45) is 0 Å². The summed E-state index contributed by atoms with van der Waals surface area (Å²) in [6.07, 6.45) is -0.405. The van der Waals surface area contributed by atoms with E-state index >= 15 is 0 Å². The van der Waals surface area contributed by atoms with Gasteiger partial charge in [0.2, 0.25) is 0 Å². The number of carbonyl (C=O) groups is 2. The van der Waals surface area contributed by atoms with Crippen molar-refractivity contribution in [3.63, 3.8) is 0 Å². The number of nitrogens with one attached hydrogen (secondary N) is 1. The van der Waals surface area contributed by atoms with Gasteiger partial charge in [0, 0.05) is 25.7 Å². The molecule has 172 valence electrons. The first kappa shape index (κ1) is 23.4. The number of likely N-dealkylation sites (tertiary alicyclic amines) is 1. The summed E-state index contributed by atoms with van der Waals surface area (Å²) >= 11 is 0. The van der Waals surface area contributed by atoms with Gasteiger partial charge in [-0.15, -0.1) is 0 Å². The first-order valence-corrected chi connectivity index (χ1v) is 10.1. The van der Waals surface area contributed by atoms with Crippen LogP contribution in [0.1, 0.15) is 16.8 Å². The number of aliphatic hydroxyl groups excluding tert-OH is 1. The molecule has 1 aliphatic rings. The number of hydrogen-bond donors (Lipinski definition) is 3. The van der Waals surface area contributed by atoms with Crippen LogP contribution in [-0.2, 0) is 4.79 Å². The zero-order chi connectivity index (χ0) is 23.1. The third-order valence-electron chi connectivity index (χ3n) is 4.85. The fourth-order valence-electron chi connectivity index (χ4n) is 3.37. The second-order valence-electron chi connectivity index (χ2n) is 7.40. The van der Waals surface area contributed by atoms with Gasteiger partial charge in [0.15, 0.2) is 11.6 Å². The van der Waals surface area contributed by atoms with Crippen LogP contribution in [0.3, 0.4) is 0 Å². The van der Waals surface area contributed by atoms with E-state index < -0.39 is 36.2 Å². The molecule has 1 aliphatic heterocycles. The van der Waals surface area contributed by atoms with Crippen LogP contribution in [0.25, 0.3) is 0 Å². The van der Waals surface area contributed by atoms with Gasteiger partial charge < -0.3 is 25.0 Å². The molecule has 0 saturated carbocycles. The Kier molecular flexibility index (Phi) is 7.96. The van der Waals surface area contributed by atoms with E-state index in [2.05, 4.69) is 5.32 Å². The lowest BCUT2D eigenvalue weighted by Gasteiger charge is -2.21. The number of para-hydroxylation sites is 1. The second kappa shape index (κ2) is 10.9. The molecule has 8 nitrogen and oxygen atoms in total. The van der Waals surface area contributed by atoms with Crippen LogP contribution in [-0.4, -0.2) is 72.0 Å². The van der Waals surface area contributed by atoms with Gasteiger partial charge in [0.1, 0.15) is 36.9 Å². The Morgan fingerprint density at radius 1 is 1.19 bits per heavy atom. The molecule has 2 aromatic carbocycles. The summed E-state index contributed by atoms with van der Waals surface area (Å²) in [5.74, 6) is -3.18. The molecule has 10 heteroatoms. The van der Waals surface area contributed by atoms with E-state index in [1.54, 1.807) is 18.2 Å². The third-order valence-corrected chi connectivity index (χ3v) is 4.85. The van der Waals surface area contributed by atoms with Crippen LogP contribution >= 0.6 is 0 Å². The number of ether oxygens (including phenoxy) is 2. The van der Waals surface area contributed by atoms with E-state index in [-0.39, 0.29) is 29.8 Å². The number of hydrogen-bond acceptors (Lipinski definition) is 6. The van der Waals surface area contributed by atoms with Crippen LogP contribution in [0, 0.1) is 11.6 Å². The Morgan fingerprint density at radius 2 is 1.97 bits per heavy atom. The van der Waals surface area contributed by atoms with Crippen LogP contribution < -0.4 is 14.8 Å². The van der Waals surface area contributed by atoms with Gasteiger partial charge in [-0.3, -0.25) is 14.5 Å². The molecule has 0 aromatic heterocycles. The van der Waals surface area contributed by atoms with Crippen molar-refractivity contribution in [3.8, 4) is 11.5 Å². The number of rotatable bonds is 10. The second-order valence-corrected chi connectivity index (χ2v) is 7.40. The number of carbonyl (C=O) groups excluding carboxylic acids is 1. The number of benzene rings is 2. The lowest BCUT2D eigenvalue weighted by atomic mass is 10.2. The molecule has 3 rings (SSSR count). The summed E-state index contributed by atoms with van der Waals surface area (Å²) in [5, 5.41) is 21.3. The quantitative estimate of drug-likeness (QED) is 0.505. The topological polar surface area (TPSA) is 108 Å². The van der Waals surface area contributed by atoms with Gasteiger partial charge in [-0.25, -0.2) is 8.78 Å². The Morgan fingerprint density at radius 3 is 2.72 bits per heavy atom. The van der Waals surface area contributed by atoms with Gasteiger partial charge >= 0.3 is 5.97 Å². The van der Waals surface area contributed by atoms with Crippen LogP contribution in [0.2, 0.25) is 0 Å². The largest absolute Gasteiger partial charge is 0.490 e. The molecule has 0 spiro atoms. The van der Waals surface area contributed by atoms with E-state index in [1.165, 1.54) is 12.1 Å². The van der Waals surface area contributed by atoms with Gasteiger partial charge in [0.25, 0.3) is 5.91 Å². The number of aliphatic hydroxyl groups is 1. The fourth-order valence-corrected chi connectivity index (χ4v) is 3.37. The van der Waals surface area contributed by atoms with E-state index in [9.17, 15) is 23.5 Å². The summed E-state index contributed by atoms with van der Waals surface area (Å²) in [6, 6.07) is 9.73. The smallest absolute Gasteiger partial charge is 0.322 e. The first-order valence-electron chi connectivity index (χ1n) is 10.1. The summed E-state index contributed by atoms with van der Waals surface area (Å²) < 4.78 is 37.6. The Hall–Kier alpha value is -3.24. The molecule has 2 atom stereocenters. The zero-order valence-corrected chi connectivity index (χ0v) is 17.2. The highest BCUT2D eigenvalue weighted by atomic mass is 19.2. The Bertz CT molecular complexity index is 958. The van der Waals surface area contributed by atoms with Crippen molar-refractivity contribution in [1.82, 2.24) is 10.2 Å². The molecule has 2 aromatic rings. The highest BCUT2D eigenvalue weighted by Gasteiger charge is 2.26. The molecule has 1 heterocycles. The Balaban J connectivity index is 1.46. The molecule has 3 N–H and O–H groups in total. The number of amides is 1. The van der Waals surface area contributed by atoms with Crippen molar-refractivity contribution in [2.75, 3.05) is 32.8 Å². The maximum absolute atomic E-state index is 13.3. The molecule has 32 heavy (non-hydrogen) atoms. The molecule has 0 bridgehead atoms. The number of carboxylic acid groups (broad SMARTS) is 1. The fraction of sp³-hybridized carbons (Fsp3) is 0.364. The van der Waals surface area contributed by atoms with Gasteiger partial charge in [-0.2, -0.15) is 0 Å². The summed E-state index contributed by atoms with van der Waals surface area (Å²) in [4.78, 5) is 24.7. The minimum atomic E-state index is -1.16. The lowest BCUT2D eigenvalue weighted by Crippen LogP contribution is -2.35. The third kappa shape index (κ3) is 6.63. The maximum atomic E-state index is 13.3. The normalized spacial score (nSPS) is 17.0. The number of carboxylic acids is 1. The van der Waals surface area contributed by atoms with Crippen molar-refractivity contribution >= 4 is 11.9 Å². The summed E-state index contributed by atoms with van der Waals surface area (Å²) in [5.41, 5.74) is 0.169. The predicted octanol–water partition coefficient (Wildman–Crippen LogP) is 1.67. The molecule has 1 saturated heterocycles. The van der Waals surface area contributed by atoms with E-state index in [0.29, 0.717) is 26.1 Å². The van der Waals surface area contributed by atoms with Crippen molar-refractivity contribution < 1.29 is 38.1 Å². The predicted molar refractivity (Wildman–Crippen MR) is 110 cm³/mol. The van der Waals surface area contributed by atoms with Gasteiger partial charge in [0.05, 0.1) is 5.56 Å². The minimum absolute atomic E-state index is 0.0750. The number of nitrogens with zero attached hydrogens (tertiary/aromatic N) is 1. The van der Waals surface area contributed by atoms with E-state index in [1.807, 2.05) is 4.90 Å². The van der Waals surface area contributed by atoms with Crippen LogP contribution in [0.5, 0.6) is 11.5 Å². The SMILES string of the molecule is O=C(O)CNC(=O)c1ccccc1OCC(O)CN1CCC(Oc2ccc(F)c(F)c2)C1. The highest BCUT2D eigenvalue weighted by molar-refractivity contribution is 5.98.